The maximum atomic E-state index is 13.1. The van der Waals surface area contributed by atoms with E-state index in [1.165, 1.54) is 32.1 Å². The molecule has 2 heterocycles. The number of anilines is 2. The van der Waals surface area contributed by atoms with Crippen molar-refractivity contribution in [3.63, 3.8) is 0 Å². The van der Waals surface area contributed by atoms with E-state index in [1.807, 2.05) is 37.3 Å². The Kier molecular flexibility index (Phi) is 5.46. The second kappa shape index (κ2) is 8.28. The van der Waals surface area contributed by atoms with Crippen molar-refractivity contribution in [3.8, 4) is 0 Å². The normalized spacial score (nSPS) is 18.5. The number of nitrogens with zero attached hydrogens (tertiary/aromatic N) is 1. The monoisotopic (exact) mass is 432 g/mol. The zero-order valence-corrected chi connectivity index (χ0v) is 19.0. The van der Waals surface area contributed by atoms with Crippen LogP contribution in [0, 0.1) is 12.3 Å². The summed E-state index contributed by atoms with van der Waals surface area (Å²) in [5.41, 5.74) is 4.81. The molecule has 1 spiro atoms. The summed E-state index contributed by atoms with van der Waals surface area (Å²) in [6.45, 7) is 6.02. The van der Waals surface area contributed by atoms with Crippen molar-refractivity contribution in [1.82, 2.24) is 0 Å². The summed E-state index contributed by atoms with van der Waals surface area (Å²) in [5.74, 6) is 0.687. The molecule has 1 saturated carbocycles. The quantitative estimate of drug-likeness (QED) is 0.554. The van der Waals surface area contributed by atoms with Crippen LogP contribution in [0.2, 0.25) is 0 Å². The van der Waals surface area contributed by atoms with Gasteiger partial charge in [-0.25, -0.2) is 0 Å². The van der Waals surface area contributed by atoms with Crippen LogP contribution in [0.15, 0.2) is 51.7 Å². The van der Waals surface area contributed by atoms with Gasteiger partial charge in [0.1, 0.15) is 5.58 Å². The molecule has 1 saturated heterocycles. The minimum Gasteiger partial charge on any atom is -0.440 e. The number of aliphatic hydroxyl groups excluding tert-OH is 1. The predicted octanol–water partition coefficient (Wildman–Crippen LogP) is 5.54. The molecule has 1 aliphatic heterocycles. The molecule has 1 atom stereocenters. The highest BCUT2D eigenvalue weighted by Crippen LogP contribution is 2.45. The van der Waals surface area contributed by atoms with Gasteiger partial charge >= 0.3 is 0 Å². The maximum absolute atomic E-state index is 13.1. The Hall–Kier alpha value is -2.79. The number of rotatable bonds is 5. The van der Waals surface area contributed by atoms with Gasteiger partial charge in [-0.05, 0) is 44.4 Å². The van der Waals surface area contributed by atoms with Crippen LogP contribution in [0.4, 0.5) is 11.6 Å². The van der Waals surface area contributed by atoms with Crippen molar-refractivity contribution in [2.45, 2.75) is 58.6 Å². The topological polar surface area (TPSA) is 65.7 Å². The van der Waals surface area contributed by atoms with Gasteiger partial charge in [0.25, 0.3) is 0 Å². The highest BCUT2D eigenvalue weighted by molar-refractivity contribution is 5.82. The summed E-state index contributed by atoms with van der Waals surface area (Å²) in [4.78, 5) is 15.3. The first-order valence-corrected chi connectivity index (χ1v) is 11.8. The molecule has 0 amide bonds. The van der Waals surface area contributed by atoms with Gasteiger partial charge in [-0.15, -0.1) is 0 Å². The Balaban J connectivity index is 1.49. The molecule has 1 aliphatic carbocycles. The van der Waals surface area contributed by atoms with E-state index >= 15 is 0 Å². The second-order valence-electron chi connectivity index (χ2n) is 9.78. The van der Waals surface area contributed by atoms with E-state index in [0.29, 0.717) is 22.3 Å². The third-order valence-electron chi connectivity index (χ3n) is 7.29. The second-order valence-corrected chi connectivity index (χ2v) is 9.78. The van der Waals surface area contributed by atoms with E-state index in [4.69, 9.17) is 4.42 Å². The predicted molar refractivity (Wildman–Crippen MR) is 129 cm³/mol. The molecule has 32 heavy (non-hydrogen) atoms. The van der Waals surface area contributed by atoms with Gasteiger partial charge in [-0.1, -0.05) is 43.5 Å². The van der Waals surface area contributed by atoms with Crippen LogP contribution in [0.25, 0.3) is 11.0 Å². The summed E-state index contributed by atoms with van der Waals surface area (Å²) in [7, 11) is 0. The Morgan fingerprint density at radius 3 is 2.62 bits per heavy atom. The van der Waals surface area contributed by atoms with E-state index in [9.17, 15) is 9.90 Å². The average molecular weight is 433 g/mol. The third-order valence-corrected chi connectivity index (χ3v) is 7.29. The molecule has 1 unspecified atom stereocenters. The number of hydrogen-bond acceptors (Lipinski definition) is 5. The van der Waals surface area contributed by atoms with E-state index in [-0.39, 0.29) is 18.1 Å². The number of fused-ring (bicyclic) bond motifs is 1. The maximum Gasteiger partial charge on any atom is 0.200 e. The fourth-order valence-corrected chi connectivity index (χ4v) is 5.55. The minimum atomic E-state index is -0.0930. The lowest BCUT2D eigenvalue weighted by Gasteiger charge is -2.52. The average Bonchev–Trinajstić information content (AvgIpc) is 2.78. The summed E-state index contributed by atoms with van der Waals surface area (Å²) >= 11 is 0. The van der Waals surface area contributed by atoms with Gasteiger partial charge in [-0.2, -0.15) is 0 Å². The van der Waals surface area contributed by atoms with Crippen LogP contribution in [-0.4, -0.2) is 18.2 Å². The summed E-state index contributed by atoms with van der Waals surface area (Å²) in [6, 6.07) is 13.3. The van der Waals surface area contributed by atoms with Gasteiger partial charge < -0.3 is 19.7 Å². The molecule has 2 N–H and O–H groups in total. The Bertz CT molecular complexity index is 1190. The molecule has 2 aliphatic rings. The van der Waals surface area contributed by atoms with Crippen molar-refractivity contribution < 1.29 is 9.52 Å². The SMILES string of the molecule is Cc1cc(C(C)Nc2ccccc2CO)c2oc(N3CC4(CCCCC4)C3)cc(=O)c2c1. The number of hydrogen-bond donors (Lipinski definition) is 2. The number of para-hydroxylation sites is 1. The number of aryl methyl sites for hydroxylation is 1. The number of nitrogens with one attached hydrogen (secondary N) is 1. The smallest absolute Gasteiger partial charge is 0.200 e. The molecular weight excluding hydrogens is 400 g/mol. The van der Waals surface area contributed by atoms with Crippen molar-refractivity contribution in [2.75, 3.05) is 23.3 Å². The Morgan fingerprint density at radius 2 is 1.88 bits per heavy atom. The van der Waals surface area contributed by atoms with Gasteiger partial charge in [0.2, 0.25) is 0 Å². The molecular formula is C27H32N2O3. The molecule has 2 aromatic carbocycles. The molecule has 168 valence electrons. The van der Waals surface area contributed by atoms with Gasteiger partial charge in [0.15, 0.2) is 11.3 Å². The zero-order chi connectivity index (χ0) is 22.3. The standard InChI is InChI=1S/C27H32N2O3/c1-18-12-21(19(2)28-23-9-5-4-8-20(23)15-30)26-22(13-18)24(31)14-25(32-26)29-16-27(17-29)10-6-3-7-11-27/h4-5,8-9,12-14,19,28,30H,3,6-7,10-11,15-17H2,1-2H3. The largest absolute Gasteiger partial charge is 0.440 e. The highest BCUT2D eigenvalue weighted by Gasteiger charge is 2.44. The lowest BCUT2D eigenvalue weighted by Crippen LogP contribution is -2.57. The first-order valence-electron chi connectivity index (χ1n) is 11.8. The van der Waals surface area contributed by atoms with Gasteiger partial charge in [-0.3, -0.25) is 4.79 Å². The lowest BCUT2D eigenvalue weighted by atomic mass is 9.69. The summed E-state index contributed by atoms with van der Waals surface area (Å²) in [5, 5.41) is 13.8. The first kappa shape index (κ1) is 21.1. The molecule has 0 bridgehead atoms. The fraction of sp³-hybridized carbons (Fsp3) is 0.444. The van der Waals surface area contributed by atoms with Gasteiger partial charge in [0, 0.05) is 41.4 Å². The van der Waals surface area contributed by atoms with Crippen LogP contribution in [0.3, 0.4) is 0 Å². The van der Waals surface area contributed by atoms with E-state index in [0.717, 1.165) is 35.5 Å². The van der Waals surface area contributed by atoms with E-state index < -0.39 is 0 Å². The molecule has 5 rings (SSSR count). The van der Waals surface area contributed by atoms with Gasteiger partial charge in [0.05, 0.1) is 18.0 Å². The molecule has 3 aromatic rings. The summed E-state index contributed by atoms with van der Waals surface area (Å²) < 4.78 is 6.42. The highest BCUT2D eigenvalue weighted by atomic mass is 16.4. The van der Waals surface area contributed by atoms with Crippen LogP contribution < -0.4 is 15.6 Å². The first-order chi connectivity index (χ1) is 15.5. The van der Waals surface area contributed by atoms with Crippen LogP contribution in [0.1, 0.15) is 61.8 Å². The lowest BCUT2D eigenvalue weighted by molar-refractivity contribution is 0.134. The third kappa shape index (κ3) is 3.79. The van der Waals surface area contributed by atoms with E-state index in [1.54, 1.807) is 6.07 Å². The van der Waals surface area contributed by atoms with Crippen LogP contribution >= 0.6 is 0 Å². The Labute approximate surface area is 189 Å². The van der Waals surface area contributed by atoms with E-state index in [2.05, 4.69) is 23.2 Å². The molecule has 5 nitrogen and oxygen atoms in total. The molecule has 2 fully saturated rings. The minimum absolute atomic E-state index is 0.0127. The molecule has 1 aromatic heterocycles. The fourth-order valence-electron chi connectivity index (χ4n) is 5.55. The number of aliphatic hydroxyl groups is 1. The van der Waals surface area contributed by atoms with Crippen LogP contribution in [-0.2, 0) is 6.61 Å². The van der Waals surface area contributed by atoms with Crippen molar-refractivity contribution in [3.05, 3.63) is 69.4 Å². The molecule has 5 heteroatoms. The summed E-state index contributed by atoms with van der Waals surface area (Å²) in [6.07, 6.45) is 6.56. The number of benzene rings is 2. The van der Waals surface area contributed by atoms with Crippen molar-refractivity contribution >= 4 is 22.5 Å². The zero-order valence-electron chi connectivity index (χ0n) is 19.0. The Morgan fingerprint density at radius 1 is 1.12 bits per heavy atom. The molecule has 0 radical (unpaired) electrons. The van der Waals surface area contributed by atoms with Crippen LogP contribution in [0.5, 0.6) is 0 Å². The van der Waals surface area contributed by atoms with Crippen molar-refractivity contribution in [2.24, 2.45) is 5.41 Å². The van der Waals surface area contributed by atoms with Crippen molar-refractivity contribution in [1.29, 1.82) is 0 Å².